The maximum atomic E-state index is 12.4. The van der Waals surface area contributed by atoms with Gasteiger partial charge < -0.3 is 0 Å². The van der Waals surface area contributed by atoms with Crippen LogP contribution >= 0.6 is 0 Å². The van der Waals surface area contributed by atoms with Crippen LogP contribution in [-0.4, -0.2) is 11.6 Å². The Labute approximate surface area is 110 Å². The van der Waals surface area contributed by atoms with Crippen LogP contribution < -0.4 is 0 Å². The van der Waals surface area contributed by atoms with Crippen LogP contribution in [0.3, 0.4) is 0 Å². The standard InChI is InChI=1S/C16H24O2/c1-5-10(2)12-9-16(4)11(3)7-6-8-13(16)15(18)14(12)17/h9-11,13H,5-8H2,1-4H3. The second-order valence-electron chi connectivity index (χ2n) is 6.35. The first-order valence-electron chi connectivity index (χ1n) is 7.23. The number of hydrogen-bond donors (Lipinski definition) is 0. The van der Waals surface area contributed by atoms with Crippen molar-refractivity contribution >= 4 is 11.6 Å². The molecule has 0 aromatic rings. The van der Waals surface area contributed by atoms with Gasteiger partial charge in [-0.05, 0) is 36.5 Å². The molecule has 4 atom stereocenters. The average Bonchev–Trinajstić information content (AvgIpc) is 2.35. The van der Waals surface area contributed by atoms with Crippen molar-refractivity contribution in [1.82, 2.24) is 0 Å². The minimum absolute atomic E-state index is 0.0680. The minimum atomic E-state index is -0.207. The van der Waals surface area contributed by atoms with Crippen molar-refractivity contribution in [1.29, 1.82) is 0 Å². The minimum Gasteiger partial charge on any atom is -0.290 e. The number of carbonyl (C=O) groups excluding carboxylic acids is 2. The highest BCUT2D eigenvalue weighted by molar-refractivity contribution is 6.45. The van der Waals surface area contributed by atoms with Gasteiger partial charge in [0.05, 0.1) is 0 Å². The van der Waals surface area contributed by atoms with Gasteiger partial charge in [0, 0.05) is 11.5 Å². The monoisotopic (exact) mass is 248 g/mol. The Morgan fingerprint density at radius 2 is 2.06 bits per heavy atom. The molecule has 2 heteroatoms. The van der Waals surface area contributed by atoms with E-state index in [9.17, 15) is 9.59 Å². The molecule has 0 heterocycles. The summed E-state index contributed by atoms with van der Waals surface area (Å²) >= 11 is 0. The quantitative estimate of drug-likeness (QED) is 0.700. The number of carbonyl (C=O) groups is 2. The summed E-state index contributed by atoms with van der Waals surface area (Å²) in [5.74, 6) is 0.296. The summed E-state index contributed by atoms with van der Waals surface area (Å²) in [6, 6.07) is 0. The Bertz CT molecular complexity index is 407. The molecule has 1 saturated carbocycles. The van der Waals surface area contributed by atoms with Crippen molar-refractivity contribution in [3.63, 3.8) is 0 Å². The normalized spacial score (nSPS) is 38.1. The van der Waals surface area contributed by atoms with Crippen molar-refractivity contribution in [2.45, 2.75) is 53.4 Å². The van der Waals surface area contributed by atoms with E-state index < -0.39 is 0 Å². The van der Waals surface area contributed by atoms with Gasteiger partial charge in [-0.1, -0.05) is 40.2 Å². The van der Waals surface area contributed by atoms with Crippen molar-refractivity contribution in [2.75, 3.05) is 0 Å². The molecular formula is C16H24O2. The molecule has 2 aliphatic rings. The molecule has 2 nitrogen and oxygen atoms in total. The molecule has 2 aliphatic carbocycles. The third kappa shape index (κ3) is 1.86. The Morgan fingerprint density at radius 1 is 1.39 bits per heavy atom. The predicted molar refractivity (Wildman–Crippen MR) is 72.2 cm³/mol. The smallest absolute Gasteiger partial charge is 0.224 e. The van der Waals surface area contributed by atoms with E-state index in [2.05, 4.69) is 26.8 Å². The SMILES string of the molecule is CCC(C)C1=CC2(C)C(C)CCCC2C(=O)C1=O. The van der Waals surface area contributed by atoms with Crippen LogP contribution in [0.5, 0.6) is 0 Å². The Kier molecular flexibility index (Phi) is 3.48. The van der Waals surface area contributed by atoms with E-state index in [1.165, 1.54) is 6.42 Å². The van der Waals surface area contributed by atoms with Crippen LogP contribution in [0.15, 0.2) is 11.6 Å². The molecule has 18 heavy (non-hydrogen) atoms. The molecule has 0 saturated heterocycles. The fourth-order valence-electron chi connectivity index (χ4n) is 3.54. The third-order valence-electron chi connectivity index (χ3n) is 5.35. The number of allylic oxidation sites excluding steroid dienone is 2. The highest BCUT2D eigenvalue weighted by Crippen LogP contribution is 2.50. The maximum absolute atomic E-state index is 12.4. The van der Waals surface area contributed by atoms with Gasteiger partial charge in [-0.2, -0.15) is 0 Å². The Hall–Kier alpha value is -0.920. The van der Waals surface area contributed by atoms with E-state index in [-0.39, 0.29) is 28.8 Å². The molecule has 0 bridgehead atoms. The highest BCUT2D eigenvalue weighted by Gasteiger charge is 2.49. The van der Waals surface area contributed by atoms with Crippen LogP contribution in [0.1, 0.15) is 53.4 Å². The zero-order valence-electron chi connectivity index (χ0n) is 12.0. The van der Waals surface area contributed by atoms with Crippen LogP contribution in [0, 0.1) is 23.2 Å². The Balaban J connectivity index is 2.47. The first-order chi connectivity index (χ1) is 8.41. The lowest BCUT2D eigenvalue weighted by Crippen LogP contribution is -2.47. The second-order valence-corrected chi connectivity index (χ2v) is 6.35. The van der Waals surface area contributed by atoms with Gasteiger partial charge in [-0.15, -0.1) is 0 Å². The van der Waals surface area contributed by atoms with Crippen LogP contribution in [0.25, 0.3) is 0 Å². The molecule has 0 aromatic heterocycles. The molecule has 0 aliphatic heterocycles. The highest BCUT2D eigenvalue weighted by atomic mass is 16.2. The van der Waals surface area contributed by atoms with Gasteiger partial charge in [0.25, 0.3) is 0 Å². The van der Waals surface area contributed by atoms with Gasteiger partial charge in [0.1, 0.15) is 0 Å². The zero-order chi connectivity index (χ0) is 13.5. The molecule has 0 amide bonds. The molecule has 2 rings (SSSR count). The van der Waals surface area contributed by atoms with Crippen LogP contribution in [0.4, 0.5) is 0 Å². The van der Waals surface area contributed by atoms with Crippen molar-refractivity contribution in [3.8, 4) is 0 Å². The van der Waals surface area contributed by atoms with Gasteiger partial charge in [-0.25, -0.2) is 0 Å². The maximum Gasteiger partial charge on any atom is 0.224 e. The topological polar surface area (TPSA) is 34.1 Å². The lowest BCUT2D eigenvalue weighted by atomic mass is 9.56. The van der Waals surface area contributed by atoms with Crippen LogP contribution in [-0.2, 0) is 9.59 Å². The molecule has 0 aromatic carbocycles. The van der Waals surface area contributed by atoms with E-state index in [1.807, 2.05) is 6.92 Å². The van der Waals surface area contributed by atoms with E-state index in [0.29, 0.717) is 5.92 Å². The summed E-state index contributed by atoms with van der Waals surface area (Å²) in [4.78, 5) is 24.6. The molecule has 4 unspecified atom stereocenters. The van der Waals surface area contributed by atoms with Gasteiger partial charge in [0.15, 0.2) is 0 Å². The number of hydrogen-bond acceptors (Lipinski definition) is 2. The summed E-state index contributed by atoms with van der Waals surface area (Å²) in [7, 11) is 0. The molecule has 1 fully saturated rings. The molecule has 0 spiro atoms. The summed E-state index contributed by atoms with van der Waals surface area (Å²) in [5.41, 5.74) is 0.678. The van der Waals surface area contributed by atoms with Crippen molar-refractivity contribution in [3.05, 3.63) is 11.6 Å². The van der Waals surface area contributed by atoms with E-state index >= 15 is 0 Å². The molecule has 0 N–H and O–H groups in total. The fraction of sp³-hybridized carbons (Fsp3) is 0.750. The predicted octanol–water partition coefficient (Wildman–Crippen LogP) is 3.55. The zero-order valence-corrected chi connectivity index (χ0v) is 12.0. The number of rotatable bonds is 2. The van der Waals surface area contributed by atoms with E-state index in [1.54, 1.807) is 0 Å². The lowest BCUT2D eigenvalue weighted by molar-refractivity contribution is -0.142. The van der Waals surface area contributed by atoms with Gasteiger partial charge >= 0.3 is 0 Å². The van der Waals surface area contributed by atoms with Gasteiger partial charge in [-0.3, -0.25) is 9.59 Å². The summed E-state index contributed by atoms with van der Waals surface area (Å²) in [6.45, 7) is 8.52. The first kappa shape index (κ1) is 13.5. The Morgan fingerprint density at radius 3 is 2.67 bits per heavy atom. The van der Waals surface area contributed by atoms with Crippen LogP contribution in [0.2, 0.25) is 0 Å². The van der Waals surface area contributed by atoms with Crippen molar-refractivity contribution in [2.24, 2.45) is 23.2 Å². The van der Waals surface area contributed by atoms with E-state index in [0.717, 1.165) is 24.8 Å². The van der Waals surface area contributed by atoms with E-state index in [4.69, 9.17) is 0 Å². The lowest BCUT2D eigenvalue weighted by Gasteiger charge is -2.46. The second kappa shape index (κ2) is 4.64. The summed E-state index contributed by atoms with van der Waals surface area (Å²) < 4.78 is 0. The molecule has 0 radical (unpaired) electrons. The largest absolute Gasteiger partial charge is 0.290 e. The van der Waals surface area contributed by atoms with Gasteiger partial charge in [0.2, 0.25) is 11.6 Å². The number of ketones is 2. The molecule has 100 valence electrons. The number of fused-ring (bicyclic) bond motifs is 1. The first-order valence-corrected chi connectivity index (χ1v) is 7.23. The summed E-state index contributed by atoms with van der Waals surface area (Å²) in [5, 5.41) is 0. The average molecular weight is 248 g/mol. The third-order valence-corrected chi connectivity index (χ3v) is 5.35. The summed E-state index contributed by atoms with van der Waals surface area (Å²) in [6.07, 6.45) is 6.20. The number of Topliss-reactive ketones (excluding diaryl/α,β-unsaturated/α-hetero) is 2. The molecular weight excluding hydrogens is 224 g/mol. The fourth-order valence-corrected chi connectivity index (χ4v) is 3.54. The van der Waals surface area contributed by atoms with Crippen molar-refractivity contribution < 1.29 is 9.59 Å².